The van der Waals surface area contributed by atoms with Gasteiger partial charge in [0.15, 0.2) is 17.0 Å². The standard InChI is InChI=1S/C19H21N5O5/c25-8-13-5-6-15(29-13)24-10-22-16-17(20-9-21-18(16)24)23-14(19(27)28)7-11-1-3-12(26)4-2-11/h1-4,9-10,13-15,25-26H,5-8H2,(H,27,28)(H,20,21,23)/t13-,14-,15+/m0/s1. The van der Waals surface area contributed by atoms with Crippen LogP contribution in [0.25, 0.3) is 11.2 Å². The molecule has 1 fully saturated rings. The number of aromatic hydroxyl groups is 1. The molecule has 1 aromatic carbocycles. The van der Waals surface area contributed by atoms with Crippen molar-refractivity contribution in [1.29, 1.82) is 0 Å². The Bertz CT molecular complexity index is 1010. The number of aliphatic hydroxyl groups is 1. The van der Waals surface area contributed by atoms with Crippen LogP contribution in [0.4, 0.5) is 5.82 Å². The second-order valence-electron chi connectivity index (χ2n) is 6.92. The molecule has 0 spiro atoms. The molecule has 2 aromatic heterocycles. The highest BCUT2D eigenvalue weighted by molar-refractivity contribution is 5.86. The van der Waals surface area contributed by atoms with Crippen molar-refractivity contribution in [1.82, 2.24) is 19.5 Å². The predicted octanol–water partition coefficient (Wildman–Crippen LogP) is 1.31. The van der Waals surface area contributed by atoms with E-state index in [-0.39, 0.29) is 31.1 Å². The Hall–Kier alpha value is -3.24. The molecule has 3 heterocycles. The van der Waals surface area contributed by atoms with Crippen LogP contribution in [0.15, 0.2) is 36.9 Å². The smallest absolute Gasteiger partial charge is 0.326 e. The highest BCUT2D eigenvalue weighted by Gasteiger charge is 2.28. The van der Waals surface area contributed by atoms with E-state index in [1.165, 1.54) is 18.5 Å². The zero-order valence-electron chi connectivity index (χ0n) is 15.5. The van der Waals surface area contributed by atoms with Gasteiger partial charge in [0.05, 0.1) is 19.0 Å². The second-order valence-corrected chi connectivity index (χ2v) is 6.92. The van der Waals surface area contributed by atoms with Crippen LogP contribution < -0.4 is 5.32 Å². The maximum atomic E-state index is 11.8. The number of carboxylic acids is 1. The molecule has 0 saturated carbocycles. The number of nitrogens with zero attached hydrogens (tertiary/aromatic N) is 4. The van der Waals surface area contributed by atoms with Gasteiger partial charge in [0.25, 0.3) is 0 Å². The number of fused-ring (bicyclic) bond motifs is 1. The molecule has 0 radical (unpaired) electrons. The molecular weight excluding hydrogens is 378 g/mol. The topological polar surface area (TPSA) is 143 Å². The lowest BCUT2D eigenvalue weighted by molar-refractivity contribution is -0.137. The van der Waals surface area contributed by atoms with Crippen molar-refractivity contribution in [2.45, 2.75) is 37.6 Å². The molecule has 10 heteroatoms. The van der Waals surface area contributed by atoms with E-state index in [9.17, 15) is 20.1 Å². The summed E-state index contributed by atoms with van der Waals surface area (Å²) in [6.07, 6.45) is 4.11. The van der Waals surface area contributed by atoms with Crippen molar-refractivity contribution in [3.05, 3.63) is 42.5 Å². The number of ether oxygens (including phenoxy) is 1. The third kappa shape index (κ3) is 3.98. The molecule has 10 nitrogen and oxygen atoms in total. The van der Waals surface area contributed by atoms with E-state index >= 15 is 0 Å². The number of benzene rings is 1. The van der Waals surface area contributed by atoms with Gasteiger partial charge in [-0.2, -0.15) is 0 Å². The average molecular weight is 399 g/mol. The van der Waals surface area contributed by atoms with Crippen LogP contribution in [0.5, 0.6) is 5.75 Å². The van der Waals surface area contributed by atoms with Gasteiger partial charge in [-0.05, 0) is 30.5 Å². The fourth-order valence-electron chi connectivity index (χ4n) is 3.43. The van der Waals surface area contributed by atoms with E-state index in [2.05, 4.69) is 20.3 Å². The Morgan fingerprint density at radius 3 is 2.72 bits per heavy atom. The van der Waals surface area contributed by atoms with Crippen LogP contribution in [0.2, 0.25) is 0 Å². The fraction of sp³-hybridized carbons (Fsp3) is 0.368. The lowest BCUT2D eigenvalue weighted by Gasteiger charge is -2.16. The number of imidazole rings is 1. The van der Waals surface area contributed by atoms with Gasteiger partial charge in [0.2, 0.25) is 0 Å². The minimum atomic E-state index is -1.03. The quantitative estimate of drug-likeness (QED) is 0.462. The van der Waals surface area contributed by atoms with E-state index < -0.39 is 12.0 Å². The lowest BCUT2D eigenvalue weighted by Crippen LogP contribution is -2.32. The Kier molecular flexibility index (Phi) is 5.28. The summed E-state index contributed by atoms with van der Waals surface area (Å²) in [7, 11) is 0. The summed E-state index contributed by atoms with van der Waals surface area (Å²) >= 11 is 0. The Balaban J connectivity index is 1.58. The number of nitrogens with one attached hydrogen (secondary N) is 1. The fourth-order valence-corrected chi connectivity index (χ4v) is 3.43. The number of carboxylic acid groups (broad SMARTS) is 1. The first kappa shape index (κ1) is 19.1. The number of phenolic OH excluding ortho intramolecular Hbond substituents is 1. The molecule has 4 N–H and O–H groups in total. The summed E-state index contributed by atoms with van der Waals surface area (Å²) < 4.78 is 7.56. The van der Waals surface area contributed by atoms with Crippen LogP contribution in [0.3, 0.4) is 0 Å². The first-order valence-corrected chi connectivity index (χ1v) is 9.26. The van der Waals surface area contributed by atoms with Crippen molar-refractivity contribution in [2.75, 3.05) is 11.9 Å². The van der Waals surface area contributed by atoms with E-state index in [1.807, 2.05) is 0 Å². The Morgan fingerprint density at radius 2 is 2.03 bits per heavy atom. The molecular formula is C19H21N5O5. The molecule has 3 aromatic rings. The van der Waals surface area contributed by atoms with Crippen LogP contribution in [-0.2, 0) is 16.0 Å². The second kappa shape index (κ2) is 8.02. The number of aromatic nitrogens is 4. The van der Waals surface area contributed by atoms with Gasteiger partial charge in [-0.25, -0.2) is 19.7 Å². The number of rotatable bonds is 7. The number of hydrogen-bond acceptors (Lipinski definition) is 8. The van der Waals surface area contributed by atoms with Crippen molar-refractivity contribution in [2.24, 2.45) is 0 Å². The largest absolute Gasteiger partial charge is 0.508 e. The molecule has 3 atom stereocenters. The van der Waals surface area contributed by atoms with Gasteiger partial charge in [0.1, 0.15) is 24.3 Å². The summed E-state index contributed by atoms with van der Waals surface area (Å²) in [6.45, 7) is -0.0392. The maximum Gasteiger partial charge on any atom is 0.326 e. The zero-order chi connectivity index (χ0) is 20.4. The molecule has 0 aliphatic carbocycles. The molecule has 152 valence electrons. The monoisotopic (exact) mass is 399 g/mol. The Labute approximate surface area is 165 Å². The normalized spacial score (nSPS) is 20.0. The lowest BCUT2D eigenvalue weighted by atomic mass is 10.1. The SMILES string of the molecule is O=C(O)[C@H](Cc1ccc(O)cc1)Nc1ncnc2c1ncn2[C@H]1CC[C@@H](CO)O1. The molecule has 29 heavy (non-hydrogen) atoms. The zero-order valence-corrected chi connectivity index (χ0v) is 15.5. The number of anilines is 1. The number of carbonyl (C=O) groups is 1. The van der Waals surface area contributed by atoms with Gasteiger partial charge in [-0.1, -0.05) is 12.1 Å². The van der Waals surface area contributed by atoms with E-state index in [1.54, 1.807) is 23.0 Å². The average Bonchev–Trinajstić information content (AvgIpc) is 3.36. The van der Waals surface area contributed by atoms with Crippen molar-refractivity contribution >= 4 is 23.0 Å². The van der Waals surface area contributed by atoms with Crippen LogP contribution >= 0.6 is 0 Å². The van der Waals surface area contributed by atoms with E-state index in [0.29, 0.717) is 17.0 Å². The summed E-state index contributed by atoms with van der Waals surface area (Å²) in [5.74, 6) is -0.597. The van der Waals surface area contributed by atoms with Gasteiger partial charge in [-0.15, -0.1) is 0 Å². The minimum Gasteiger partial charge on any atom is -0.508 e. The third-order valence-electron chi connectivity index (χ3n) is 4.94. The first-order chi connectivity index (χ1) is 14.0. The number of aliphatic hydroxyl groups excluding tert-OH is 1. The number of aliphatic carboxylic acids is 1. The molecule has 1 saturated heterocycles. The molecule has 0 bridgehead atoms. The molecule has 0 amide bonds. The van der Waals surface area contributed by atoms with Gasteiger partial charge in [-0.3, -0.25) is 4.57 Å². The highest BCUT2D eigenvalue weighted by atomic mass is 16.5. The van der Waals surface area contributed by atoms with Gasteiger partial charge < -0.3 is 25.4 Å². The van der Waals surface area contributed by atoms with Crippen LogP contribution in [0, 0.1) is 0 Å². The van der Waals surface area contributed by atoms with Crippen molar-refractivity contribution < 1.29 is 24.9 Å². The molecule has 1 aliphatic rings. The maximum absolute atomic E-state index is 11.8. The van der Waals surface area contributed by atoms with Gasteiger partial charge in [0, 0.05) is 6.42 Å². The van der Waals surface area contributed by atoms with Crippen molar-refractivity contribution in [3.63, 3.8) is 0 Å². The summed E-state index contributed by atoms with van der Waals surface area (Å²) in [4.78, 5) is 24.6. The molecule has 1 aliphatic heterocycles. The molecule has 0 unspecified atom stereocenters. The van der Waals surface area contributed by atoms with Gasteiger partial charge >= 0.3 is 5.97 Å². The van der Waals surface area contributed by atoms with E-state index in [4.69, 9.17) is 4.74 Å². The summed E-state index contributed by atoms with van der Waals surface area (Å²) in [6, 6.07) is 5.43. The highest BCUT2D eigenvalue weighted by Crippen LogP contribution is 2.31. The number of hydrogen-bond donors (Lipinski definition) is 4. The molecule has 4 rings (SSSR count). The summed E-state index contributed by atoms with van der Waals surface area (Å²) in [5.41, 5.74) is 1.73. The third-order valence-corrected chi connectivity index (χ3v) is 4.94. The van der Waals surface area contributed by atoms with Crippen LogP contribution in [0.1, 0.15) is 24.6 Å². The Morgan fingerprint density at radius 1 is 1.24 bits per heavy atom. The predicted molar refractivity (Wildman–Crippen MR) is 102 cm³/mol. The number of phenols is 1. The van der Waals surface area contributed by atoms with Crippen LogP contribution in [-0.4, -0.2) is 59.6 Å². The minimum absolute atomic E-state index is 0.0392. The van der Waals surface area contributed by atoms with Crippen molar-refractivity contribution in [3.8, 4) is 5.75 Å². The van der Waals surface area contributed by atoms with E-state index in [0.717, 1.165) is 18.4 Å². The summed E-state index contributed by atoms with van der Waals surface area (Å²) in [5, 5.41) is 31.2. The first-order valence-electron chi connectivity index (χ1n) is 9.26.